The van der Waals surface area contributed by atoms with Gasteiger partial charge in [-0.05, 0) is 35.8 Å². The summed E-state index contributed by atoms with van der Waals surface area (Å²) in [5, 5.41) is 0. The number of hydrogen-bond donors (Lipinski definition) is 0. The second kappa shape index (κ2) is 8.38. The van der Waals surface area contributed by atoms with Crippen LogP contribution in [0, 0.1) is 0 Å². The summed E-state index contributed by atoms with van der Waals surface area (Å²) < 4.78 is 11.2. The Balaban J connectivity index is 1.74. The Bertz CT molecular complexity index is 849. The third kappa shape index (κ3) is 4.08. The summed E-state index contributed by atoms with van der Waals surface area (Å²) >= 11 is 6.73. The van der Waals surface area contributed by atoms with E-state index in [0.29, 0.717) is 27.3 Å². The highest BCUT2D eigenvalue weighted by atomic mass is 32.2. The third-order valence-electron chi connectivity index (χ3n) is 4.05. The van der Waals surface area contributed by atoms with Crippen molar-refractivity contribution >= 4 is 40.3 Å². The quantitative estimate of drug-likeness (QED) is 0.552. The first kappa shape index (κ1) is 18.5. The summed E-state index contributed by atoms with van der Waals surface area (Å²) in [5.74, 6) is 1.23. The van der Waals surface area contributed by atoms with Gasteiger partial charge in [-0.25, -0.2) is 0 Å². The van der Waals surface area contributed by atoms with Gasteiger partial charge in [0.15, 0.2) is 11.5 Å². The van der Waals surface area contributed by atoms with Crippen LogP contribution in [0.4, 0.5) is 0 Å². The molecule has 26 heavy (non-hydrogen) atoms. The first-order valence-electron chi connectivity index (χ1n) is 8.13. The predicted octanol–water partition coefficient (Wildman–Crippen LogP) is 4.15. The number of rotatable bonds is 6. The average Bonchev–Trinajstić information content (AvgIpc) is 2.93. The van der Waals surface area contributed by atoms with Crippen LogP contribution < -0.4 is 9.47 Å². The van der Waals surface area contributed by atoms with E-state index >= 15 is 0 Å². The van der Waals surface area contributed by atoms with E-state index in [0.717, 1.165) is 12.0 Å². The molecule has 0 bridgehead atoms. The Kier molecular flexibility index (Phi) is 5.96. The Morgan fingerprint density at radius 2 is 1.81 bits per heavy atom. The van der Waals surface area contributed by atoms with E-state index in [1.165, 1.54) is 17.3 Å². The lowest BCUT2D eigenvalue weighted by Crippen LogP contribution is -2.30. The minimum Gasteiger partial charge on any atom is -0.493 e. The molecule has 3 rings (SSSR count). The molecule has 0 radical (unpaired) electrons. The van der Waals surface area contributed by atoms with Gasteiger partial charge < -0.3 is 9.47 Å². The minimum absolute atomic E-state index is 0.0503. The lowest BCUT2D eigenvalue weighted by atomic mass is 10.1. The summed E-state index contributed by atoms with van der Waals surface area (Å²) in [6.07, 6.45) is 2.61. The van der Waals surface area contributed by atoms with E-state index < -0.39 is 0 Å². The van der Waals surface area contributed by atoms with Crippen molar-refractivity contribution < 1.29 is 14.3 Å². The highest BCUT2D eigenvalue weighted by molar-refractivity contribution is 8.26. The van der Waals surface area contributed by atoms with Crippen molar-refractivity contribution in [3.8, 4) is 11.5 Å². The standard InChI is InChI=1S/C20H19NO3S2/c1-23-16-9-8-15(12-17(16)24-2)13-18-19(22)21(20(25)26-18)11-10-14-6-4-3-5-7-14/h3-9,12-13H,10-11H2,1-2H3/b18-13+. The molecule has 4 nitrogen and oxygen atoms in total. The second-order valence-corrected chi connectivity index (χ2v) is 7.36. The molecule has 0 spiro atoms. The monoisotopic (exact) mass is 385 g/mol. The van der Waals surface area contributed by atoms with Crippen LogP contribution in [0.3, 0.4) is 0 Å². The van der Waals surface area contributed by atoms with Crippen LogP contribution in [0.5, 0.6) is 11.5 Å². The van der Waals surface area contributed by atoms with Crippen molar-refractivity contribution in [3.05, 3.63) is 64.6 Å². The fourth-order valence-electron chi connectivity index (χ4n) is 2.67. The molecule has 1 heterocycles. The molecule has 1 amide bonds. The Morgan fingerprint density at radius 1 is 1.08 bits per heavy atom. The van der Waals surface area contributed by atoms with E-state index in [1.807, 2.05) is 42.5 Å². The van der Waals surface area contributed by atoms with Crippen LogP contribution in [0.2, 0.25) is 0 Å². The Hall–Kier alpha value is -2.31. The van der Waals surface area contributed by atoms with Gasteiger partial charge in [0.1, 0.15) is 4.32 Å². The van der Waals surface area contributed by atoms with Gasteiger partial charge in [0.2, 0.25) is 0 Å². The van der Waals surface area contributed by atoms with Crippen LogP contribution in [0.25, 0.3) is 6.08 Å². The molecule has 0 unspecified atom stereocenters. The van der Waals surface area contributed by atoms with Crippen molar-refractivity contribution in [1.82, 2.24) is 4.90 Å². The molecule has 0 atom stereocenters. The highest BCUT2D eigenvalue weighted by Gasteiger charge is 2.31. The topological polar surface area (TPSA) is 38.8 Å². The summed E-state index contributed by atoms with van der Waals surface area (Å²) in [4.78, 5) is 15.0. The van der Waals surface area contributed by atoms with Gasteiger partial charge in [-0.15, -0.1) is 0 Å². The molecule has 1 aliphatic heterocycles. The number of hydrogen-bond acceptors (Lipinski definition) is 5. The molecule has 0 aromatic heterocycles. The second-order valence-electron chi connectivity index (χ2n) is 5.68. The fourth-order valence-corrected chi connectivity index (χ4v) is 3.98. The summed E-state index contributed by atoms with van der Waals surface area (Å²) in [7, 11) is 3.18. The molecule has 134 valence electrons. The molecular weight excluding hydrogens is 366 g/mol. The van der Waals surface area contributed by atoms with E-state index in [-0.39, 0.29) is 5.91 Å². The zero-order valence-electron chi connectivity index (χ0n) is 14.6. The normalized spacial score (nSPS) is 15.6. The molecule has 1 aliphatic rings. The zero-order valence-corrected chi connectivity index (χ0v) is 16.2. The maximum absolute atomic E-state index is 12.7. The van der Waals surface area contributed by atoms with E-state index in [2.05, 4.69) is 12.1 Å². The maximum atomic E-state index is 12.7. The molecule has 0 aliphatic carbocycles. The number of thiocarbonyl (C=S) groups is 1. The number of ether oxygens (including phenoxy) is 2. The van der Waals surface area contributed by atoms with Crippen LogP contribution in [-0.2, 0) is 11.2 Å². The van der Waals surface area contributed by atoms with Crippen LogP contribution in [-0.4, -0.2) is 35.9 Å². The molecule has 6 heteroatoms. The van der Waals surface area contributed by atoms with Crippen LogP contribution in [0.15, 0.2) is 53.4 Å². The first-order chi connectivity index (χ1) is 12.6. The number of thioether (sulfide) groups is 1. The van der Waals surface area contributed by atoms with Gasteiger partial charge >= 0.3 is 0 Å². The number of nitrogens with zero attached hydrogens (tertiary/aromatic N) is 1. The van der Waals surface area contributed by atoms with Crippen molar-refractivity contribution in [3.63, 3.8) is 0 Å². The SMILES string of the molecule is COc1ccc(/C=C2/SC(=S)N(CCc3ccccc3)C2=O)cc1OC. The van der Waals surface area contributed by atoms with Crippen LogP contribution in [0.1, 0.15) is 11.1 Å². The van der Waals surface area contributed by atoms with Gasteiger partial charge in [0, 0.05) is 6.54 Å². The lowest BCUT2D eigenvalue weighted by Gasteiger charge is -2.14. The minimum atomic E-state index is -0.0503. The number of methoxy groups -OCH3 is 2. The van der Waals surface area contributed by atoms with Gasteiger partial charge in [0.05, 0.1) is 19.1 Å². The largest absolute Gasteiger partial charge is 0.493 e. The number of carbonyl (C=O) groups is 1. The molecule has 0 N–H and O–H groups in total. The molecule has 1 saturated heterocycles. The van der Waals surface area contributed by atoms with Gasteiger partial charge in [-0.3, -0.25) is 9.69 Å². The fraction of sp³-hybridized carbons (Fsp3) is 0.200. The van der Waals surface area contributed by atoms with E-state index in [4.69, 9.17) is 21.7 Å². The van der Waals surface area contributed by atoms with E-state index in [1.54, 1.807) is 19.1 Å². The van der Waals surface area contributed by atoms with Crippen molar-refractivity contribution in [2.45, 2.75) is 6.42 Å². The molecule has 2 aromatic rings. The summed E-state index contributed by atoms with van der Waals surface area (Å²) in [6, 6.07) is 15.6. The lowest BCUT2D eigenvalue weighted by molar-refractivity contribution is -0.122. The predicted molar refractivity (Wildman–Crippen MR) is 110 cm³/mol. The Morgan fingerprint density at radius 3 is 2.50 bits per heavy atom. The highest BCUT2D eigenvalue weighted by Crippen LogP contribution is 2.34. The first-order valence-corrected chi connectivity index (χ1v) is 9.36. The van der Waals surface area contributed by atoms with Crippen molar-refractivity contribution in [2.24, 2.45) is 0 Å². The van der Waals surface area contributed by atoms with Gasteiger partial charge in [-0.2, -0.15) is 0 Å². The van der Waals surface area contributed by atoms with Crippen LogP contribution >= 0.6 is 24.0 Å². The third-order valence-corrected chi connectivity index (χ3v) is 5.42. The number of amides is 1. The average molecular weight is 386 g/mol. The molecule has 2 aromatic carbocycles. The number of carbonyl (C=O) groups excluding carboxylic acids is 1. The summed E-state index contributed by atoms with van der Waals surface area (Å²) in [5.41, 5.74) is 2.05. The smallest absolute Gasteiger partial charge is 0.266 e. The number of benzene rings is 2. The molecular formula is C20H19NO3S2. The van der Waals surface area contributed by atoms with E-state index in [9.17, 15) is 4.79 Å². The van der Waals surface area contributed by atoms with Gasteiger partial charge in [-0.1, -0.05) is 60.4 Å². The Labute approximate surface area is 162 Å². The zero-order chi connectivity index (χ0) is 18.5. The van der Waals surface area contributed by atoms with Gasteiger partial charge in [0.25, 0.3) is 5.91 Å². The van der Waals surface area contributed by atoms with Crippen molar-refractivity contribution in [1.29, 1.82) is 0 Å². The summed E-state index contributed by atoms with van der Waals surface area (Å²) in [6.45, 7) is 0.581. The maximum Gasteiger partial charge on any atom is 0.266 e. The molecule has 0 saturated carbocycles. The van der Waals surface area contributed by atoms with Crippen molar-refractivity contribution in [2.75, 3.05) is 20.8 Å². The molecule has 1 fully saturated rings.